The van der Waals surface area contributed by atoms with Gasteiger partial charge in [-0.05, 0) is 26.2 Å². The van der Waals surface area contributed by atoms with Crippen molar-refractivity contribution in [2.45, 2.75) is 44.9 Å². The smallest absolute Gasteiger partial charge is 0.122 e. The molecule has 1 saturated carbocycles. The highest BCUT2D eigenvalue weighted by molar-refractivity contribution is 5.26. The van der Waals surface area contributed by atoms with Crippen LogP contribution >= 0.6 is 0 Å². The van der Waals surface area contributed by atoms with E-state index >= 15 is 0 Å². The second-order valence-electron chi connectivity index (χ2n) is 4.58. The van der Waals surface area contributed by atoms with E-state index in [1.54, 1.807) is 7.11 Å². The predicted octanol–water partition coefficient (Wildman–Crippen LogP) is 1.80. The van der Waals surface area contributed by atoms with E-state index in [9.17, 15) is 0 Å². The summed E-state index contributed by atoms with van der Waals surface area (Å²) in [6.45, 7) is 2.46. The Morgan fingerprint density at radius 2 is 2.24 bits per heavy atom. The van der Waals surface area contributed by atoms with Gasteiger partial charge in [-0.1, -0.05) is 0 Å². The standard InChI is InChI=1S/C13H20N2O2/c1-9-6-11(16-2)7-10(15-9)8-17-13-5-3-4-12(13)14/h6-7,12-13H,3-5,8,14H2,1-2H3. The molecule has 4 nitrogen and oxygen atoms in total. The maximum atomic E-state index is 5.96. The van der Waals surface area contributed by atoms with Crippen LogP contribution in [-0.4, -0.2) is 24.2 Å². The molecule has 0 bridgehead atoms. The molecule has 1 aromatic rings. The summed E-state index contributed by atoms with van der Waals surface area (Å²) < 4.78 is 11.0. The van der Waals surface area contributed by atoms with Gasteiger partial charge in [0, 0.05) is 23.9 Å². The molecular formula is C13H20N2O2. The molecule has 1 aliphatic carbocycles. The number of methoxy groups -OCH3 is 1. The van der Waals surface area contributed by atoms with Gasteiger partial charge in [0.1, 0.15) is 5.75 Å². The van der Waals surface area contributed by atoms with Crippen LogP contribution in [0.25, 0.3) is 0 Å². The van der Waals surface area contributed by atoms with Crippen LogP contribution < -0.4 is 10.5 Å². The highest BCUT2D eigenvalue weighted by Gasteiger charge is 2.24. The van der Waals surface area contributed by atoms with Gasteiger partial charge in [-0.15, -0.1) is 0 Å². The zero-order valence-corrected chi connectivity index (χ0v) is 10.5. The number of rotatable bonds is 4. The average Bonchev–Trinajstić information content (AvgIpc) is 2.71. The maximum absolute atomic E-state index is 5.96. The molecule has 0 aromatic carbocycles. The highest BCUT2D eigenvalue weighted by Crippen LogP contribution is 2.22. The van der Waals surface area contributed by atoms with Gasteiger partial charge in [0.25, 0.3) is 0 Å². The molecule has 0 spiro atoms. The summed E-state index contributed by atoms with van der Waals surface area (Å²) in [4.78, 5) is 4.42. The largest absolute Gasteiger partial charge is 0.497 e. The van der Waals surface area contributed by atoms with Gasteiger partial charge < -0.3 is 15.2 Å². The topological polar surface area (TPSA) is 57.4 Å². The molecule has 2 unspecified atom stereocenters. The van der Waals surface area contributed by atoms with Gasteiger partial charge >= 0.3 is 0 Å². The van der Waals surface area contributed by atoms with Gasteiger partial charge in [0.05, 0.1) is 25.5 Å². The van der Waals surface area contributed by atoms with Crippen molar-refractivity contribution in [3.05, 3.63) is 23.5 Å². The minimum absolute atomic E-state index is 0.182. The first-order valence-electron chi connectivity index (χ1n) is 6.08. The van der Waals surface area contributed by atoms with E-state index in [-0.39, 0.29) is 12.1 Å². The Hall–Kier alpha value is -1.13. The molecule has 1 fully saturated rings. The quantitative estimate of drug-likeness (QED) is 0.866. The molecule has 2 atom stereocenters. The third-order valence-electron chi connectivity index (χ3n) is 3.16. The van der Waals surface area contributed by atoms with Crippen molar-refractivity contribution < 1.29 is 9.47 Å². The Morgan fingerprint density at radius 1 is 1.41 bits per heavy atom. The minimum atomic E-state index is 0.182. The predicted molar refractivity (Wildman–Crippen MR) is 65.9 cm³/mol. The van der Waals surface area contributed by atoms with Crippen LogP contribution in [0.3, 0.4) is 0 Å². The van der Waals surface area contributed by atoms with E-state index < -0.39 is 0 Å². The third kappa shape index (κ3) is 3.17. The Bertz CT molecular complexity index is 382. The number of nitrogens with two attached hydrogens (primary N) is 1. The maximum Gasteiger partial charge on any atom is 0.122 e. The number of hydrogen-bond donors (Lipinski definition) is 1. The number of nitrogens with zero attached hydrogens (tertiary/aromatic N) is 1. The monoisotopic (exact) mass is 236 g/mol. The van der Waals surface area contributed by atoms with Crippen LogP contribution in [-0.2, 0) is 11.3 Å². The number of pyridine rings is 1. The Kier molecular flexibility index (Phi) is 3.97. The van der Waals surface area contributed by atoms with Crippen LogP contribution in [0.1, 0.15) is 30.7 Å². The Morgan fingerprint density at radius 3 is 2.88 bits per heavy atom. The lowest BCUT2D eigenvalue weighted by molar-refractivity contribution is 0.0338. The molecular weight excluding hydrogens is 216 g/mol. The van der Waals surface area contributed by atoms with Crippen molar-refractivity contribution in [1.29, 1.82) is 0 Å². The molecule has 1 aromatic heterocycles. The van der Waals surface area contributed by atoms with E-state index in [4.69, 9.17) is 15.2 Å². The lowest BCUT2D eigenvalue weighted by Crippen LogP contribution is -2.31. The van der Waals surface area contributed by atoms with Crippen LogP contribution in [0.2, 0.25) is 0 Å². The van der Waals surface area contributed by atoms with Crippen LogP contribution in [0, 0.1) is 6.92 Å². The van der Waals surface area contributed by atoms with Gasteiger partial charge in [-0.3, -0.25) is 4.98 Å². The number of aryl methyl sites for hydroxylation is 1. The molecule has 2 rings (SSSR count). The van der Waals surface area contributed by atoms with E-state index in [0.717, 1.165) is 36.4 Å². The summed E-state index contributed by atoms with van der Waals surface area (Å²) in [5, 5.41) is 0. The molecule has 94 valence electrons. The molecule has 0 saturated heterocycles. The van der Waals surface area contributed by atoms with E-state index in [2.05, 4.69) is 4.98 Å². The van der Waals surface area contributed by atoms with E-state index in [0.29, 0.717) is 6.61 Å². The number of aromatic nitrogens is 1. The summed E-state index contributed by atoms with van der Waals surface area (Å²) in [6.07, 6.45) is 3.47. The van der Waals surface area contributed by atoms with Crippen molar-refractivity contribution in [3.63, 3.8) is 0 Å². The first-order chi connectivity index (χ1) is 8.19. The normalized spacial score (nSPS) is 23.9. The molecule has 0 aliphatic heterocycles. The zero-order valence-electron chi connectivity index (χ0n) is 10.5. The van der Waals surface area contributed by atoms with E-state index in [1.807, 2.05) is 19.1 Å². The lowest BCUT2D eigenvalue weighted by Gasteiger charge is -2.16. The lowest BCUT2D eigenvalue weighted by atomic mass is 10.2. The second-order valence-corrected chi connectivity index (χ2v) is 4.58. The fraction of sp³-hybridized carbons (Fsp3) is 0.615. The van der Waals surface area contributed by atoms with Crippen LogP contribution in [0.15, 0.2) is 12.1 Å². The van der Waals surface area contributed by atoms with Crippen molar-refractivity contribution in [1.82, 2.24) is 4.98 Å². The van der Waals surface area contributed by atoms with E-state index in [1.165, 1.54) is 0 Å². The highest BCUT2D eigenvalue weighted by atomic mass is 16.5. The summed E-state index contributed by atoms with van der Waals surface area (Å²) in [6, 6.07) is 4.00. The molecule has 2 N–H and O–H groups in total. The minimum Gasteiger partial charge on any atom is -0.497 e. The summed E-state index contributed by atoms with van der Waals surface area (Å²) >= 11 is 0. The number of hydrogen-bond acceptors (Lipinski definition) is 4. The first kappa shape index (κ1) is 12.3. The SMILES string of the molecule is COc1cc(C)nc(COC2CCCC2N)c1. The van der Waals surface area contributed by atoms with Crippen molar-refractivity contribution in [2.24, 2.45) is 5.73 Å². The average molecular weight is 236 g/mol. The van der Waals surface area contributed by atoms with Gasteiger partial charge in [-0.2, -0.15) is 0 Å². The fourth-order valence-corrected chi connectivity index (χ4v) is 2.25. The van der Waals surface area contributed by atoms with Crippen LogP contribution in [0.5, 0.6) is 5.75 Å². The molecule has 0 amide bonds. The molecule has 1 heterocycles. The van der Waals surface area contributed by atoms with Gasteiger partial charge in [0.2, 0.25) is 0 Å². The van der Waals surface area contributed by atoms with Crippen molar-refractivity contribution in [2.75, 3.05) is 7.11 Å². The Labute approximate surface area is 102 Å². The van der Waals surface area contributed by atoms with Crippen molar-refractivity contribution >= 4 is 0 Å². The number of ether oxygens (including phenoxy) is 2. The second kappa shape index (κ2) is 5.47. The van der Waals surface area contributed by atoms with Crippen molar-refractivity contribution in [3.8, 4) is 5.75 Å². The summed E-state index contributed by atoms with van der Waals surface area (Å²) in [7, 11) is 1.66. The van der Waals surface area contributed by atoms with Gasteiger partial charge in [-0.25, -0.2) is 0 Å². The molecule has 1 aliphatic rings. The molecule has 0 radical (unpaired) electrons. The first-order valence-corrected chi connectivity index (χ1v) is 6.08. The van der Waals surface area contributed by atoms with Gasteiger partial charge in [0.15, 0.2) is 0 Å². The summed E-state index contributed by atoms with van der Waals surface area (Å²) in [5.41, 5.74) is 7.81. The fourth-order valence-electron chi connectivity index (χ4n) is 2.25. The summed E-state index contributed by atoms with van der Waals surface area (Å²) in [5.74, 6) is 0.826. The van der Waals surface area contributed by atoms with Crippen LogP contribution in [0.4, 0.5) is 0 Å². The molecule has 4 heteroatoms. The molecule has 17 heavy (non-hydrogen) atoms. The zero-order chi connectivity index (χ0) is 12.3. The third-order valence-corrected chi connectivity index (χ3v) is 3.16. The Balaban J connectivity index is 1.96.